The first kappa shape index (κ1) is 26.8. The van der Waals surface area contributed by atoms with E-state index in [4.69, 9.17) is 9.47 Å². The van der Waals surface area contributed by atoms with Crippen molar-refractivity contribution in [2.24, 2.45) is 0 Å². The molecule has 1 rings (SSSR count). The minimum atomic E-state index is 0.0905. The van der Waals surface area contributed by atoms with Crippen LogP contribution in [0.25, 0.3) is 0 Å². The van der Waals surface area contributed by atoms with Crippen LogP contribution in [0.4, 0.5) is 0 Å². The van der Waals surface area contributed by atoms with E-state index in [0.29, 0.717) is 26.1 Å². The van der Waals surface area contributed by atoms with Crippen LogP contribution in [0.1, 0.15) is 102 Å². The molecule has 0 aliphatic rings. The highest BCUT2D eigenvalue weighted by Gasteiger charge is 2.12. The Kier molecular flexibility index (Phi) is 16.5. The molecule has 0 heterocycles. The molecule has 0 radical (unpaired) electrons. The largest absolute Gasteiger partial charge is 0.490 e. The second-order valence-corrected chi connectivity index (χ2v) is 8.25. The molecule has 0 fully saturated rings. The molecule has 0 unspecified atom stereocenters. The second-order valence-electron chi connectivity index (χ2n) is 8.25. The van der Waals surface area contributed by atoms with E-state index < -0.39 is 0 Å². The van der Waals surface area contributed by atoms with Gasteiger partial charge in [-0.2, -0.15) is 0 Å². The van der Waals surface area contributed by atoms with Crippen molar-refractivity contribution in [1.82, 2.24) is 0 Å². The molecule has 30 heavy (non-hydrogen) atoms. The van der Waals surface area contributed by atoms with Crippen molar-refractivity contribution < 1.29 is 19.7 Å². The van der Waals surface area contributed by atoms with Gasteiger partial charge in [-0.1, -0.05) is 78.1 Å². The summed E-state index contributed by atoms with van der Waals surface area (Å²) in [5, 5.41) is 18.8. The molecular formula is C26H46O4. The molecule has 1 aromatic rings. The average molecular weight is 423 g/mol. The number of hydrogen-bond acceptors (Lipinski definition) is 4. The molecule has 0 atom stereocenters. The Hall–Kier alpha value is -1.26. The molecule has 0 bridgehead atoms. The van der Waals surface area contributed by atoms with Crippen LogP contribution in [0.15, 0.2) is 12.1 Å². The Balaban J connectivity index is 2.64. The molecule has 174 valence electrons. The van der Waals surface area contributed by atoms with Crippen LogP contribution in [0.2, 0.25) is 0 Å². The third-order valence-corrected chi connectivity index (χ3v) is 5.54. The van der Waals surface area contributed by atoms with Gasteiger partial charge in [0.2, 0.25) is 0 Å². The Morgan fingerprint density at radius 3 is 1.30 bits per heavy atom. The van der Waals surface area contributed by atoms with Gasteiger partial charge in [-0.3, -0.25) is 0 Å². The summed E-state index contributed by atoms with van der Waals surface area (Å²) in [4.78, 5) is 0. The van der Waals surface area contributed by atoms with Gasteiger partial charge in [0, 0.05) is 13.2 Å². The fraction of sp³-hybridized carbons (Fsp3) is 0.769. The number of unbranched alkanes of at least 4 members (excludes halogenated alkanes) is 10. The maximum Gasteiger partial charge on any atom is 0.161 e. The second kappa shape index (κ2) is 18.5. The van der Waals surface area contributed by atoms with Crippen LogP contribution in [-0.2, 0) is 12.8 Å². The van der Waals surface area contributed by atoms with E-state index in [-0.39, 0.29) is 13.2 Å². The third-order valence-electron chi connectivity index (χ3n) is 5.54. The van der Waals surface area contributed by atoms with Crippen LogP contribution in [-0.4, -0.2) is 36.6 Å². The Bertz CT molecular complexity index is 483. The highest BCUT2D eigenvalue weighted by Crippen LogP contribution is 2.32. The van der Waals surface area contributed by atoms with E-state index in [1.54, 1.807) is 0 Å². The summed E-state index contributed by atoms with van der Waals surface area (Å²) < 4.78 is 12.2. The molecule has 0 aliphatic heterocycles. The van der Waals surface area contributed by atoms with Gasteiger partial charge in [0.25, 0.3) is 0 Å². The van der Waals surface area contributed by atoms with Crippen molar-refractivity contribution in [2.75, 3.05) is 26.4 Å². The molecule has 0 amide bonds. The van der Waals surface area contributed by atoms with Gasteiger partial charge in [0.1, 0.15) is 0 Å². The zero-order valence-electron chi connectivity index (χ0n) is 19.6. The van der Waals surface area contributed by atoms with E-state index in [1.807, 2.05) is 12.1 Å². The number of benzene rings is 1. The molecule has 0 saturated carbocycles. The van der Waals surface area contributed by atoms with Gasteiger partial charge < -0.3 is 19.7 Å². The lowest BCUT2D eigenvalue weighted by Crippen LogP contribution is -2.07. The van der Waals surface area contributed by atoms with Crippen molar-refractivity contribution >= 4 is 0 Å². The summed E-state index contributed by atoms with van der Waals surface area (Å²) in [5.41, 5.74) is 2.08. The molecule has 0 aliphatic carbocycles. The van der Waals surface area contributed by atoms with E-state index in [1.165, 1.54) is 64.2 Å². The van der Waals surface area contributed by atoms with Crippen LogP contribution >= 0.6 is 0 Å². The van der Waals surface area contributed by atoms with E-state index in [9.17, 15) is 10.2 Å². The van der Waals surface area contributed by atoms with Gasteiger partial charge >= 0.3 is 0 Å². The molecule has 0 aromatic heterocycles. The number of aliphatic hydroxyl groups excluding tert-OH is 2. The zero-order valence-corrected chi connectivity index (χ0v) is 19.6. The highest BCUT2D eigenvalue weighted by atomic mass is 16.5. The summed E-state index contributed by atoms with van der Waals surface area (Å²) in [7, 11) is 0. The molecule has 0 spiro atoms. The Labute approximate surface area is 185 Å². The fourth-order valence-corrected chi connectivity index (χ4v) is 3.71. The van der Waals surface area contributed by atoms with Crippen molar-refractivity contribution in [3.8, 4) is 11.5 Å². The SMILES string of the molecule is CCCCCCCCOc1cc(CCO)c(CCO)cc1OCCCCCCCC. The van der Waals surface area contributed by atoms with Crippen molar-refractivity contribution in [3.05, 3.63) is 23.3 Å². The lowest BCUT2D eigenvalue weighted by atomic mass is 10.0. The van der Waals surface area contributed by atoms with Crippen LogP contribution in [0.3, 0.4) is 0 Å². The first-order chi connectivity index (χ1) is 14.8. The molecule has 0 saturated heterocycles. The molecule has 4 nitrogen and oxygen atoms in total. The van der Waals surface area contributed by atoms with Gasteiger partial charge in [0.05, 0.1) is 13.2 Å². The lowest BCUT2D eigenvalue weighted by molar-refractivity contribution is 0.256. The minimum absolute atomic E-state index is 0.0905. The maximum atomic E-state index is 9.42. The number of ether oxygens (including phenoxy) is 2. The van der Waals surface area contributed by atoms with Crippen LogP contribution in [0.5, 0.6) is 11.5 Å². The monoisotopic (exact) mass is 422 g/mol. The van der Waals surface area contributed by atoms with Crippen molar-refractivity contribution in [3.63, 3.8) is 0 Å². The summed E-state index contributed by atoms with van der Waals surface area (Å²) in [6.45, 7) is 6.04. The van der Waals surface area contributed by atoms with E-state index in [0.717, 1.165) is 35.5 Å². The van der Waals surface area contributed by atoms with E-state index in [2.05, 4.69) is 13.8 Å². The van der Waals surface area contributed by atoms with Crippen LogP contribution in [0, 0.1) is 0 Å². The third kappa shape index (κ3) is 11.8. The Morgan fingerprint density at radius 2 is 0.933 bits per heavy atom. The van der Waals surface area contributed by atoms with Gasteiger partial charge in [-0.25, -0.2) is 0 Å². The summed E-state index contributed by atoms with van der Waals surface area (Å²) in [6.07, 6.45) is 15.9. The quantitative estimate of drug-likeness (QED) is 0.244. The predicted molar refractivity (Wildman–Crippen MR) is 126 cm³/mol. The van der Waals surface area contributed by atoms with Gasteiger partial charge in [-0.05, 0) is 48.9 Å². The highest BCUT2D eigenvalue weighted by molar-refractivity contribution is 5.48. The number of aliphatic hydroxyl groups is 2. The lowest BCUT2D eigenvalue weighted by Gasteiger charge is -2.17. The Morgan fingerprint density at radius 1 is 0.567 bits per heavy atom. The first-order valence-electron chi connectivity index (χ1n) is 12.4. The topological polar surface area (TPSA) is 58.9 Å². The summed E-state index contributed by atoms with van der Waals surface area (Å²) >= 11 is 0. The molecule has 1 aromatic carbocycles. The van der Waals surface area contributed by atoms with Crippen molar-refractivity contribution in [1.29, 1.82) is 0 Å². The number of hydrogen-bond donors (Lipinski definition) is 2. The summed E-state index contributed by atoms with van der Waals surface area (Å²) in [6, 6.07) is 4.02. The minimum Gasteiger partial charge on any atom is -0.490 e. The normalized spacial score (nSPS) is 11.1. The maximum absolute atomic E-state index is 9.42. The molecule has 2 N–H and O–H groups in total. The predicted octanol–water partition coefficient (Wildman–Crippen LogP) is 6.23. The first-order valence-corrected chi connectivity index (χ1v) is 12.4. The zero-order chi connectivity index (χ0) is 21.9. The summed E-state index contributed by atoms with van der Waals surface area (Å²) in [5.74, 6) is 1.55. The van der Waals surface area contributed by atoms with Gasteiger partial charge in [0.15, 0.2) is 11.5 Å². The van der Waals surface area contributed by atoms with E-state index >= 15 is 0 Å². The molecular weight excluding hydrogens is 376 g/mol. The van der Waals surface area contributed by atoms with Crippen LogP contribution < -0.4 is 9.47 Å². The van der Waals surface area contributed by atoms with Gasteiger partial charge in [-0.15, -0.1) is 0 Å². The smallest absolute Gasteiger partial charge is 0.161 e. The average Bonchev–Trinajstić information content (AvgIpc) is 2.75. The number of rotatable bonds is 20. The molecule has 4 heteroatoms. The fourth-order valence-electron chi connectivity index (χ4n) is 3.71. The van der Waals surface area contributed by atoms with Crippen molar-refractivity contribution in [2.45, 2.75) is 104 Å². The standard InChI is InChI=1S/C26H46O4/c1-3-5-7-9-11-13-19-29-25-21-23(15-17-27)24(16-18-28)22-26(25)30-20-14-12-10-8-6-4-2/h21-22,27-28H,3-20H2,1-2H3.